The van der Waals surface area contributed by atoms with Crippen LogP contribution in [0.25, 0.3) is 0 Å². The van der Waals surface area contributed by atoms with Gasteiger partial charge >= 0.3 is 11.9 Å². The average molecular weight is 615 g/mol. The molecule has 3 saturated carbocycles. The molecule has 6 heteroatoms. The largest absolute Gasteiger partial charge is 0.469 e. The SMILES string of the molecule is COC(=O)[C@]12CCC(C)(C)CC1C1C(=O)C=C3[C@@]4(C)C=C(C)C(=O)[C@@H](C)C4(C(=O)OCc4ccccc4)CC[C@@]3(C)[C@]1(C)CC2. The summed E-state index contributed by atoms with van der Waals surface area (Å²) >= 11 is 0. The minimum Gasteiger partial charge on any atom is -0.469 e. The lowest BCUT2D eigenvalue weighted by Gasteiger charge is -2.69. The molecule has 0 heterocycles. The molecule has 0 amide bonds. The van der Waals surface area contributed by atoms with Crippen molar-refractivity contribution in [3.63, 3.8) is 0 Å². The zero-order valence-electron chi connectivity index (χ0n) is 28.4. The Balaban J connectivity index is 1.49. The molecule has 6 nitrogen and oxygen atoms in total. The Morgan fingerprint density at radius 2 is 1.56 bits per heavy atom. The lowest BCUT2D eigenvalue weighted by atomic mass is 9.32. The Hall–Kier alpha value is -3.02. The first-order valence-corrected chi connectivity index (χ1v) is 16.8. The van der Waals surface area contributed by atoms with E-state index in [2.05, 4.69) is 34.6 Å². The van der Waals surface area contributed by atoms with Gasteiger partial charge in [0, 0.05) is 17.3 Å². The van der Waals surface area contributed by atoms with Crippen molar-refractivity contribution in [2.24, 2.45) is 50.2 Å². The highest BCUT2D eigenvalue weighted by molar-refractivity contribution is 6.03. The predicted octanol–water partition coefficient (Wildman–Crippen LogP) is 7.60. The van der Waals surface area contributed by atoms with Gasteiger partial charge < -0.3 is 9.47 Å². The molecule has 6 rings (SSSR count). The number of methoxy groups -OCH3 is 1. The van der Waals surface area contributed by atoms with Gasteiger partial charge in [-0.25, -0.2) is 0 Å². The summed E-state index contributed by atoms with van der Waals surface area (Å²) in [5.41, 5.74) is -1.06. The summed E-state index contributed by atoms with van der Waals surface area (Å²) in [4.78, 5) is 56.4. The molecule has 0 aliphatic heterocycles. The van der Waals surface area contributed by atoms with Crippen molar-refractivity contribution in [3.05, 3.63) is 59.2 Å². The zero-order chi connectivity index (χ0) is 32.8. The van der Waals surface area contributed by atoms with Gasteiger partial charge in [0.15, 0.2) is 11.6 Å². The lowest BCUT2D eigenvalue weighted by molar-refractivity contribution is -0.198. The third-order valence-electron chi connectivity index (χ3n) is 14.1. The summed E-state index contributed by atoms with van der Waals surface area (Å²) in [6.45, 7) is 14.9. The molecule has 5 aliphatic carbocycles. The molecule has 3 unspecified atom stereocenters. The fourth-order valence-corrected chi connectivity index (χ4v) is 11.2. The Bertz CT molecular complexity index is 1520. The molecule has 45 heavy (non-hydrogen) atoms. The third kappa shape index (κ3) is 4.12. The van der Waals surface area contributed by atoms with Gasteiger partial charge in [-0.2, -0.15) is 0 Å². The van der Waals surface area contributed by atoms with Gasteiger partial charge in [-0.15, -0.1) is 0 Å². The van der Waals surface area contributed by atoms with E-state index in [-0.39, 0.29) is 47.4 Å². The first kappa shape index (κ1) is 31.9. The summed E-state index contributed by atoms with van der Waals surface area (Å²) < 4.78 is 11.5. The lowest BCUT2D eigenvalue weighted by Crippen LogP contribution is -2.68. The number of benzene rings is 1. The van der Waals surface area contributed by atoms with Gasteiger partial charge in [0.25, 0.3) is 0 Å². The molecular weight excluding hydrogens is 564 g/mol. The second-order valence-electron chi connectivity index (χ2n) is 16.5. The van der Waals surface area contributed by atoms with Crippen LogP contribution < -0.4 is 0 Å². The Kier molecular flexibility index (Phi) is 7.27. The number of fused-ring (bicyclic) bond motifs is 7. The second-order valence-corrected chi connectivity index (χ2v) is 16.5. The maximum absolute atomic E-state index is 14.7. The first-order valence-electron chi connectivity index (χ1n) is 16.8. The van der Waals surface area contributed by atoms with E-state index in [0.717, 1.165) is 36.8 Å². The molecule has 0 saturated heterocycles. The van der Waals surface area contributed by atoms with Crippen LogP contribution in [0.3, 0.4) is 0 Å². The highest BCUT2D eigenvalue weighted by Gasteiger charge is 2.74. The van der Waals surface area contributed by atoms with Crippen molar-refractivity contribution in [1.82, 2.24) is 0 Å². The van der Waals surface area contributed by atoms with Gasteiger partial charge in [-0.1, -0.05) is 78.0 Å². The van der Waals surface area contributed by atoms with Crippen LogP contribution in [0.5, 0.6) is 0 Å². The van der Waals surface area contributed by atoms with Crippen molar-refractivity contribution in [2.75, 3.05) is 7.11 Å². The summed E-state index contributed by atoms with van der Waals surface area (Å²) in [5, 5.41) is 0. The van der Waals surface area contributed by atoms with Crippen LogP contribution >= 0.6 is 0 Å². The van der Waals surface area contributed by atoms with Gasteiger partial charge in [0.05, 0.1) is 17.9 Å². The molecule has 0 aromatic heterocycles. The van der Waals surface area contributed by atoms with E-state index in [9.17, 15) is 19.2 Å². The Labute approximate surface area is 268 Å². The maximum Gasteiger partial charge on any atom is 0.314 e. The van der Waals surface area contributed by atoms with Gasteiger partial charge in [0.2, 0.25) is 0 Å². The molecule has 242 valence electrons. The number of rotatable bonds is 4. The number of esters is 2. The number of allylic oxidation sites excluding steroid dienone is 4. The molecule has 1 aromatic carbocycles. The van der Waals surface area contributed by atoms with Gasteiger partial charge in [-0.3, -0.25) is 19.2 Å². The van der Waals surface area contributed by atoms with Crippen molar-refractivity contribution >= 4 is 23.5 Å². The minimum absolute atomic E-state index is 0.0147. The normalized spacial score (nSPS) is 41.7. The van der Waals surface area contributed by atoms with Gasteiger partial charge in [-0.05, 0) is 96.8 Å². The van der Waals surface area contributed by atoms with Crippen LogP contribution in [0, 0.1) is 50.2 Å². The van der Waals surface area contributed by atoms with E-state index >= 15 is 0 Å². The smallest absolute Gasteiger partial charge is 0.314 e. The number of hydrogen-bond donors (Lipinski definition) is 0. The second kappa shape index (κ2) is 10.2. The predicted molar refractivity (Wildman–Crippen MR) is 172 cm³/mol. The number of ether oxygens (including phenoxy) is 2. The summed E-state index contributed by atoms with van der Waals surface area (Å²) in [7, 11) is 1.47. The van der Waals surface area contributed by atoms with E-state index in [0.29, 0.717) is 24.8 Å². The highest BCUT2D eigenvalue weighted by Crippen LogP contribution is 2.76. The number of carbonyl (C=O) groups excluding carboxylic acids is 4. The molecule has 0 N–H and O–H groups in total. The summed E-state index contributed by atoms with van der Waals surface area (Å²) in [6.07, 6.45) is 8.83. The van der Waals surface area contributed by atoms with E-state index in [4.69, 9.17) is 9.47 Å². The van der Waals surface area contributed by atoms with Crippen LogP contribution in [-0.4, -0.2) is 30.6 Å². The quantitative estimate of drug-likeness (QED) is 0.325. The molecular formula is C39H50O6. The fourth-order valence-electron chi connectivity index (χ4n) is 11.2. The number of hydrogen-bond acceptors (Lipinski definition) is 6. The Morgan fingerprint density at radius 3 is 2.22 bits per heavy atom. The van der Waals surface area contributed by atoms with Crippen molar-refractivity contribution in [1.29, 1.82) is 0 Å². The van der Waals surface area contributed by atoms with Crippen LogP contribution in [0.2, 0.25) is 0 Å². The standard InChI is InChI=1S/C39H50O6/c1-24-21-37(7)29-20-28(40)30-27-22-34(3,4)14-17-38(27,32(42)44-8)18-15-36(30,6)35(29,5)16-19-39(37,25(2)31(24)41)33(43)45-23-26-12-10-9-11-13-26/h9-13,20-21,25,27,30H,14-19,22-23H2,1-8H3/t25-,27?,30?,35-,36-,37-,38+,39?/m1/s1. The molecule has 1 aromatic rings. The van der Waals surface area contributed by atoms with Crippen LogP contribution in [0.4, 0.5) is 0 Å². The average Bonchev–Trinajstić information content (AvgIpc) is 3.00. The van der Waals surface area contributed by atoms with Crippen molar-refractivity contribution in [3.8, 4) is 0 Å². The molecule has 0 bridgehead atoms. The molecule has 8 atom stereocenters. The number of Topliss-reactive ketones (excluding diaryl/α,β-unsaturated/α-hetero) is 1. The maximum atomic E-state index is 14.7. The van der Waals surface area contributed by atoms with Gasteiger partial charge in [0.1, 0.15) is 6.61 Å². The van der Waals surface area contributed by atoms with Crippen molar-refractivity contribution < 1.29 is 28.7 Å². The van der Waals surface area contributed by atoms with E-state index in [1.807, 2.05) is 56.3 Å². The van der Waals surface area contributed by atoms with E-state index in [1.165, 1.54) is 7.11 Å². The van der Waals surface area contributed by atoms with Crippen LogP contribution in [0.1, 0.15) is 99.0 Å². The van der Waals surface area contributed by atoms with Crippen LogP contribution in [-0.2, 0) is 35.3 Å². The monoisotopic (exact) mass is 614 g/mol. The minimum atomic E-state index is -1.13. The fraction of sp³-hybridized carbons (Fsp3) is 0.641. The molecule has 0 spiro atoms. The van der Waals surface area contributed by atoms with E-state index in [1.54, 1.807) is 0 Å². The molecule has 0 radical (unpaired) electrons. The van der Waals surface area contributed by atoms with Crippen LogP contribution in [0.15, 0.2) is 53.6 Å². The zero-order valence-corrected chi connectivity index (χ0v) is 28.4. The highest BCUT2D eigenvalue weighted by atomic mass is 16.5. The first-order chi connectivity index (χ1) is 21.0. The number of ketones is 2. The molecule has 3 fully saturated rings. The topological polar surface area (TPSA) is 86.7 Å². The summed E-state index contributed by atoms with van der Waals surface area (Å²) in [5.74, 6) is -1.58. The third-order valence-corrected chi connectivity index (χ3v) is 14.1. The summed E-state index contributed by atoms with van der Waals surface area (Å²) in [6, 6.07) is 9.61. The Morgan fingerprint density at radius 1 is 0.889 bits per heavy atom. The molecule has 5 aliphatic rings. The van der Waals surface area contributed by atoms with E-state index < -0.39 is 33.0 Å². The van der Waals surface area contributed by atoms with Crippen molar-refractivity contribution in [2.45, 2.75) is 100 Å². The number of carbonyl (C=O) groups is 4.